The molecule has 5 heteroatoms. The maximum Gasteiger partial charge on any atom is 0.376 e. The summed E-state index contributed by atoms with van der Waals surface area (Å²) in [6, 6.07) is 0. The van der Waals surface area contributed by atoms with Crippen molar-refractivity contribution >= 4 is 11.9 Å². The topological polar surface area (TPSA) is 61.8 Å². The van der Waals surface area contributed by atoms with Crippen LogP contribution < -0.4 is 0 Å². The Morgan fingerprint density at radius 1 is 1.05 bits per heavy atom. The monoisotopic (exact) mass is 270 g/mol. The molecule has 5 nitrogen and oxygen atoms in total. The van der Waals surface area contributed by atoms with Gasteiger partial charge >= 0.3 is 17.9 Å². The van der Waals surface area contributed by atoms with Crippen molar-refractivity contribution < 1.29 is 23.8 Å². The third-order valence-electron chi connectivity index (χ3n) is 2.21. The molecule has 0 saturated heterocycles. The molecule has 19 heavy (non-hydrogen) atoms. The van der Waals surface area contributed by atoms with Crippen LogP contribution in [0, 0.1) is 0 Å². The highest BCUT2D eigenvalue weighted by Gasteiger charge is 2.38. The number of unbranched alkanes of at least 4 members (excludes halogenated alkanes) is 1. The van der Waals surface area contributed by atoms with Gasteiger partial charge in [0.05, 0.1) is 13.0 Å². The number of carbonyl (C=O) groups is 2. The fraction of sp³-hybridized carbons (Fsp3) is 0.571. The Bertz CT molecular complexity index is 290. The third kappa shape index (κ3) is 6.76. The summed E-state index contributed by atoms with van der Waals surface area (Å²) in [5, 5.41) is 0. The largest absolute Gasteiger partial charge is 0.395 e. The van der Waals surface area contributed by atoms with E-state index >= 15 is 0 Å². The van der Waals surface area contributed by atoms with Crippen LogP contribution in [0.15, 0.2) is 25.3 Å². The lowest BCUT2D eigenvalue weighted by molar-refractivity contribution is -0.345. The minimum atomic E-state index is -1.69. The van der Waals surface area contributed by atoms with E-state index < -0.39 is 17.9 Å². The Morgan fingerprint density at radius 3 is 1.95 bits per heavy atom. The highest BCUT2D eigenvalue weighted by molar-refractivity contribution is 5.83. The number of esters is 2. The Kier molecular flexibility index (Phi) is 8.53. The van der Waals surface area contributed by atoms with Gasteiger partial charge in [-0.15, -0.1) is 0 Å². The van der Waals surface area contributed by atoms with Gasteiger partial charge in [-0.1, -0.05) is 33.4 Å². The summed E-state index contributed by atoms with van der Waals surface area (Å²) in [6.07, 6.45) is 4.48. The van der Waals surface area contributed by atoms with Crippen molar-refractivity contribution in [3.8, 4) is 0 Å². The first kappa shape index (κ1) is 17.4. The Labute approximate surface area is 114 Å². The molecule has 0 aliphatic rings. The van der Waals surface area contributed by atoms with Gasteiger partial charge in [-0.05, 0) is 12.8 Å². The zero-order valence-electron chi connectivity index (χ0n) is 11.6. The van der Waals surface area contributed by atoms with E-state index in [-0.39, 0.29) is 6.42 Å². The van der Waals surface area contributed by atoms with Gasteiger partial charge in [-0.3, -0.25) is 0 Å². The molecule has 0 saturated carbocycles. The fourth-order valence-electron chi connectivity index (χ4n) is 1.29. The SMILES string of the molecule is C=CC(=O)OC(CCCC)(OCCC)OC(=O)C=C. The summed E-state index contributed by atoms with van der Waals surface area (Å²) in [4.78, 5) is 22.8. The maximum atomic E-state index is 11.4. The molecule has 108 valence electrons. The molecule has 0 bridgehead atoms. The lowest BCUT2D eigenvalue weighted by Gasteiger charge is -2.31. The zero-order chi connectivity index (χ0) is 14.7. The number of rotatable bonds is 10. The summed E-state index contributed by atoms with van der Waals surface area (Å²) < 4.78 is 15.6. The fourth-order valence-corrected chi connectivity index (χ4v) is 1.29. The van der Waals surface area contributed by atoms with Crippen LogP contribution in [0.3, 0.4) is 0 Å². The van der Waals surface area contributed by atoms with Gasteiger partial charge in [0, 0.05) is 12.2 Å². The zero-order valence-corrected chi connectivity index (χ0v) is 11.6. The number of carbonyl (C=O) groups excluding carboxylic acids is 2. The van der Waals surface area contributed by atoms with E-state index in [2.05, 4.69) is 13.2 Å². The van der Waals surface area contributed by atoms with E-state index in [1.807, 2.05) is 13.8 Å². The molecule has 0 spiro atoms. The van der Waals surface area contributed by atoms with Crippen LogP contribution >= 0.6 is 0 Å². The molecule has 0 aliphatic heterocycles. The van der Waals surface area contributed by atoms with Gasteiger partial charge < -0.3 is 14.2 Å². The quantitative estimate of drug-likeness (QED) is 0.347. The molecule has 0 aromatic rings. The van der Waals surface area contributed by atoms with E-state index in [0.717, 1.165) is 18.6 Å². The van der Waals surface area contributed by atoms with Gasteiger partial charge in [-0.25, -0.2) is 9.59 Å². The van der Waals surface area contributed by atoms with Crippen LogP contribution in [0.2, 0.25) is 0 Å². The van der Waals surface area contributed by atoms with Gasteiger partial charge in [0.15, 0.2) is 0 Å². The molecule has 0 radical (unpaired) electrons. The van der Waals surface area contributed by atoms with Crippen molar-refractivity contribution in [2.24, 2.45) is 0 Å². The van der Waals surface area contributed by atoms with E-state index in [4.69, 9.17) is 14.2 Å². The first-order chi connectivity index (χ1) is 9.03. The number of hydrogen-bond donors (Lipinski definition) is 0. The van der Waals surface area contributed by atoms with E-state index in [1.54, 1.807) is 0 Å². The van der Waals surface area contributed by atoms with Crippen LogP contribution in [0.4, 0.5) is 0 Å². The van der Waals surface area contributed by atoms with Gasteiger partial charge in [0.25, 0.3) is 0 Å². The van der Waals surface area contributed by atoms with Crippen molar-refractivity contribution in [3.05, 3.63) is 25.3 Å². The first-order valence-corrected chi connectivity index (χ1v) is 6.38. The van der Waals surface area contributed by atoms with Crippen LogP contribution in [0.5, 0.6) is 0 Å². The van der Waals surface area contributed by atoms with Crippen LogP contribution in [-0.4, -0.2) is 24.5 Å². The molecule has 0 fully saturated rings. The predicted octanol–water partition coefficient (Wildman–Crippen LogP) is 2.72. The maximum absolute atomic E-state index is 11.4. The summed E-state index contributed by atoms with van der Waals surface area (Å²) in [7, 11) is 0. The van der Waals surface area contributed by atoms with Crippen molar-refractivity contribution in [1.82, 2.24) is 0 Å². The van der Waals surface area contributed by atoms with Crippen molar-refractivity contribution in [3.63, 3.8) is 0 Å². The van der Waals surface area contributed by atoms with Gasteiger partial charge in [0.2, 0.25) is 0 Å². The molecule has 0 unspecified atom stereocenters. The third-order valence-corrected chi connectivity index (χ3v) is 2.21. The summed E-state index contributed by atoms with van der Waals surface area (Å²) in [5.74, 6) is -3.10. The van der Waals surface area contributed by atoms with Crippen LogP contribution in [-0.2, 0) is 23.8 Å². The Hall–Kier alpha value is -1.62. The highest BCUT2D eigenvalue weighted by Crippen LogP contribution is 2.24. The summed E-state index contributed by atoms with van der Waals surface area (Å²) in [6.45, 7) is 10.8. The standard InChI is InChI=1S/C14H22O5/c1-5-9-10-14(17-11-6-2,18-12(15)7-3)19-13(16)8-4/h7-8H,3-6,9-11H2,1-2H3. The second kappa shape index (κ2) is 9.33. The number of hydrogen-bond acceptors (Lipinski definition) is 5. The van der Waals surface area contributed by atoms with E-state index in [9.17, 15) is 9.59 Å². The predicted molar refractivity (Wildman–Crippen MR) is 71.1 cm³/mol. The lowest BCUT2D eigenvalue weighted by Crippen LogP contribution is -2.42. The molecule has 0 aromatic carbocycles. The molecular formula is C14H22O5. The smallest absolute Gasteiger partial charge is 0.376 e. The molecule has 0 rings (SSSR count). The van der Waals surface area contributed by atoms with Crippen LogP contribution in [0.25, 0.3) is 0 Å². The molecule has 0 amide bonds. The molecular weight excluding hydrogens is 248 g/mol. The average molecular weight is 270 g/mol. The normalized spacial score (nSPS) is 10.6. The second-order valence-electron chi connectivity index (χ2n) is 3.89. The molecule has 0 aromatic heterocycles. The van der Waals surface area contributed by atoms with Crippen LogP contribution in [0.1, 0.15) is 39.5 Å². The second-order valence-corrected chi connectivity index (χ2v) is 3.89. The lowest BCUT2D eigenvalue weighted by atomic mass is 10.2. The molecule has 0 N–H and O–H groups in total. The first-order valence-electron chi connectivity index (χ1n) is 6.38. The van der Waals surface area contributed by atoms with E-state index in [1.165, 1.54) is 0 Å². The van der Waals surface area contributed by atoms with Gasteiger partial charge in [0.1, 0.15) is 0 Å². The molecule has 0 aliphatic carbocycles. The minimum absolute atomic E-state index is 0.267. The van der Waals surface area contributed by atoms with Crippen molar-refractivity contribution in [2.45, 2.75) is 45.5 Å². The molecule has 0 heterocycles. The Morgan fingerprint density at radius 2 is 1.58 bits per heavy atom. The average Bonchev–Trinajstić information content (AvgIpc) is 2.42. The van der Waals surface area contributed by atoms with Crippen molar-refractivity contribution in [1.29, 1.82) is 0 Å². The number of ether oxygens (including phenoxy) is 3. The van der Waals surface area contributed by atoms with E-state index in [0.29, 0.717) is 19.4 Å². The Balaban J connectivity index is 5.03. The molecule has 0 atom stereocenters. The minimum Gasteiger partial charge on any atom is -0.395 e. The summed E-state index contributed by atoms with van der Waals surface area (Å²) >= 11 is 0. The highest BCUT2D eigenvalue weighted by atomic mass is 16.9. The van der Waals surface area contributed by atoms with Crippen molar-refractivity contribution in [2.75, 3.05) is 6.61 Å². The van der Waals surface area contributed by atoms with Gasteiger partial charge in [-0.2, -0.15) is 0 Å². The summed E-state index contributed by atoms with van der Waals surface area (Å²) in [5.41, 5.74) is 0.